The molecule has 5 nitrogen and oxygen atoms in total. The Balaban J connectivity index is 2.34. The van der Waals surface area contributed by atoms with Crippen molar-refractivity contribution in [3.05, 3.63) is 32.0 Å². The first-order valence-electron chi connectivity index (χ1n) is 5.03. The van der Waals surface area contributed by atoms with Crippen LogP contribution in [0, 0.1) is 9.81 Å². The average molecular weight is 241 g/mol. The second-order valence-electron chi connectivity index (χ2n) is 3.39. The van der Waals surface area contributed by atoms with E-state index in [4.69, 9.17) is 0 Å². The molecule has 0 aromatic heterocycles. The number of hydrogen-bond donors (Lipinski definition) is 1. The zero-order valence-electron chi connectivity index (χ0n) is 8.76. The average Bonchev–Trinajstić information content (AvgIpc) is 2.71. The van der Waals surface area contributed by atoms with Gasteiger partial charge in [-0.2, -0.15) is 10.9 Å². The largest absolute Gasteiger partial charge is 0.291 e. The second kappa shape index (κ2) is 7.05. The van der Waals surface area contributed by atoms with E-state index in [0.29, 0.717) is 17.1 Å². The lowest BCUT2D eigenvalue weighted by Gasteiger charge is -2.11. The third kappa shape index (κ3) is 3.69. The number of thiol groups is 1. The van der Waals surface area contributed by atoms with Gasteiger partial charge in [-0.25, -0.2) is 0 Å². The van der Waals surface area contributed by atoms with Gasteiger partial charge in [0, 0.05) is 12.5 Å². The molecule has 6 heteroatoms. The van der Waals surface area contributed by atoms with Gasteiger partial charge in [0.1, 0.15) is 10.7 Å². The van der Waals surface area contributed by atoms with Gasteiger partial charge < -0.3 is 0 Å². The van der Waals surface area contributed by atoms with E-state index in [-0.39, 0.29) is 0 Å². The number of nitrogens with zero attached hydrogens (tertiary/aromatic N) is 2. The molecular formula is C10H13N2O3S. The zero-order valence-corrected chi connectivity index (χ0v) is 9.65. The highest BCUT2D eigenvalue weighted by Gasteiger charge is 2.16. The number of unbranched alkanes of at least 4 members (excludes halogenated alkanes) is 3. The molecule has 0 aromatic carbocycles. The summed E-state index contributed by atoms with van der Waals surface area (Å²) in [5, 5.41) is 7.87. The van der Waals surface area contributed by atoms with Gasteiger partial charge in [0.05, 0.1) is 0 Å². The molecule has 1 aliphatic heterocycles. The molecule has 1 radical (unpaired) electrons. The van der Waals surface area contributed by atoms with Gasteiger partial charge in [-0.05, 0) is 34.4 Å². The second-order valence-corrected chi connectivity index (χ2v) is 5.49. The van der Waals surface area contributed by atoms with Crippen LogP contribution in [0.3, 0.4) is 0 Å². The lowest BCUT2D eigenvalue weighted by molar-refractivity contribution is 0.546. The molecule has 1 unspecified atom stereocenters. The third-order valence-corrected chi connectivity index (χ3v) is 4.41. The minimum atomic E-state index is -0.747. The Morgan fingerprint density at radius 2 is 2.00 bits per heavy atom. The van der Waals surface area contributed by atoms with Gasteiger partial charge in [0.25, 0.3) is 0 Å². The predicted octanol–water partition coefficient (Wildman–Crippen LogP) is 2.89. The van der Waals surface area contributed by atoms with Crippen molar-refractivity contribution in [2.24, 2.45) is 10.4 Å². The molecular weight excluding hydrogens is 228 g/mol. The number of carbonyl (C=O) groups excluding carboxylic acids is 1. The SMILES string of the molecule is O=[C]CCCCC[SH]1C=C(N=O)C=C1N=O. The minimum absolute atomic E-state index is 0.307. The molecule has 0 amide bonds. The summed E-state index contributed by atoms with van der Waals surface area (Å²) in [5.41, 5.74) is 0.307. The van der Waals surface area contributed by atoms with Crippen LogP contribution in [0.4, 0.5) is 0 Å². The summed E-state index contributed by atoms with van der Waals surface area (Å²) < 4.78 is 0. The molecule has 0 fully saturated rings. The summed E-state index contributed by atoms with van der Waals surface area (Å²) >= 11 is 0. The number of rotatable bonds is 8. The molecule has 0 bridgehead atoms. The summed E-state index contributed by atoms with van der Waals surface area (Å²) in [4.78, 5) is 30.7. The molecule has 87 valence electrons. The number of hydrogen-bond acceptors (Lipinski definition) is 5. The van der Waals surface area contributed by atoms with Crippen molar-refractivity contribution in [3.63, 3.8) is 0 Å². The summed E-state index contributed by atoms with van der Waals surface area (Å²) in [7, 11) is -0.747. The quantitative estimate of drug-likeness (QED) is 0.403. The van der Waals surface area contributed by atoms with Crippen LogP contribution < -0.4 is 0 Å². The van der Waals surface area contributed by atoms with Crippen LogP contribution in [0.2, 0.25) is 0 Å². The highest BCUT2D eigenvalue weighted by molar-refractivity contribution is 8.23. The molecule has 0 aliphatic carbocycles. The lowest BCUT2D eigenvalue weighted by Crippen LogP contribution is -1.87. The Bertz CT molecular complexity index is 339. The van der Waals surface area contributed by atoms with Gasteiger partial charge in [-0.15, -0.1) is 9.81 Å². The molecule has 1 atom stereocenters. The topological polar surface area (TPSA) is 75.9 Å². The summed E-state index contributed by atoms with van der Waals surface area (Å²) in [6.07, 6.45) is 6.42. The normalized spacial score (nSPS) is 21.1. The van der Waals surface area contributed by atoms with Crippen molar-refractivity contribution in [1.29, 1.82) is 0 Å². The predicted molar refractivity (Wildman–Crippen MR) is 65.8 cm³/mol. The maximum atomic E-state index is 10.5. The number of nitroso groups, excluding NO2 is 2. The first-order chi connectivity index (χ1) is 7.81. The monoisotopic (exact) mass is 241 g/mol. The third-order valence-electron chi connectivity index (χ3n) is 2.24. The van der Waals surface area contributed by atoms with Crippen LogP contribution in [0.5, 0.6) is 0 Å². The van der Waals surface area contributed by atoms with E-state index in [1.807, 2.05) is 6.29 Å². The summed E-state index contributed by atoms with van der Waals surface area (Å²) in [6.45, 7) is 0. The van der Waals surface area contributed by atoms with Crippen LogP contribution in [0.25, 0.3) is 0 Å². The van der Waals surface area contributed by atoms with Crippen LogP contribution in [-0.4, -0.2) is 12.0 Å². The molecule has 0 spiro atoms. The lowest BCUT2D eigenvalue weighted by atomic mass is 10.2. The van der Waals surface area contributed by atoms with Crippen molar-refractivity contribution in [1.82, 2.24) is 0 Å². The molecule has 0 saturated heterocycles. The Morgan fingerprint density at radius 1 is 1.19 bits per heavy atom. The van der Waals surface area contributed by atoms with Crippen molar-refractivity contribution in [3.8, 4) is 0 Å². The fourth-order valence-electron chi connectivity index (χ4n) is 1.44. The summed E-state index contributed by atoms with van der Waals surface area (Å²) in [6, 6.07) is 0. The van der Waals surface area contributed by atoms with Crippen molar-refractivity contribution < 1.29 is 4.79 Å². The van der Waals surface area contributed by atoms with Crippen LogP contribution >= 0.6 is 10.9 Å². The Morgan fingerprint density at radius 3 is 2.62 bits per heavy atom. The molecule has 0 aromatic rings. The van der Waals surface area contributed by atoms with Crippen LogP contribution in [-0.2, 0) is 4.79 Å². The van der Waals surface area contributed by atoms with Gasteiger partial charge in [0.15, 0.2) is 6.29 Å². The van der Waals surface area contributed by atoms with E-state index in [2.05, 4.69) is 10.4 Å². The first kappa shape index (κ1) is 12.8. The number of allylic oxidation sites excluding steroid dienone is 1. The van der Waals surface area contributed by atoms with Gasteiger partial charge in [-0.3, -0.25) is 4.79 Å². The maximum absolute atomic E-state index is 10.5. The van der Waals surface area contributed by atoms with Crippen molar-refractivity contribution in [2.75, 3.05) is 5.75 Å². The fraction of sp³-hybridized carbons (Fsp3) is 0.500. The van der Waals surface area contributed by atoms with Crippen molar-refractivity contribution >= 4 is 17.2 Å². The molecule has 0 N–H and O–H groups in total. The van der Waals surface area contributed by atoms with E-state index >= 15 is 0 Å². The van der Waals surface area contributed by atoms with Gasteiger partial charge in [0.2, 0.25) is 0 Å². The van der Waals surface area contributed by atoms with Crippen LogP contribution in [0.1, 0.15) is 25.7 Å². The molecule has 16 heavy (non-hydrogen) atoms. The van der Waals surface area contributed by atoms with E-state index in [9.17, 15) is 14.6 Å². The molecule has 1 rings (SSSR count). The minimum Gasteiger partial charge on any atom is -0.291 e. The standard InChI is InChI=1S/C10H13N2O3S/c13-5-3-1-2-4-6-16-8-9(11-14)7-10(16)12-15/h7-8,16H,1-4,6H2. The molecule has 0 saturated carbocycles. The Labute approximate surface area is 96.3 Å². The van der Waals surface area contributed by atoms with E-state index < -0.39 is 10.9 Å². The van der Waals surface area contributed by atoms with E-state index in [1.165, 1.54) is 6.08 Å². The highest BCUT2D eigenvalue weighted by atomic mass is 32.2. The smallest absolute Gasteiger partial charge is 0.198 e. The Kier molecular flexibility index (Phi) is 5.63. The fourth-order valence-corrected chi connectivity index (χ4v) is 3.34. The Hall–Kier alpha value is -1.30. The first-order valence-corrected chi connectivity index (χ1v) is 6.63. The highest BCUT2D eigenvalue weighted by Crippen LogP contribution is 2.45. The summed E-state index contributed by atoms with van der Waals surface area (Å²) in [5.74, 6) is 0.824. The van der Waals surface area contributed by atoms with Crippen LogP contribution in [0.15, 0.2) is 32.6 Å². The van der Waals surface area contributed by atoms with Gasteiger partial charge >= 0.3 is 0 Å². The molecule has 1 heterocycles. The maximum Gasteiger partial charge on any atom is 0.198 e. The van der Waals surface area contributed by atoms with E-state index in [0.717, 1.165) is 25.0 Å². The van der Waals surface area contributed by atoms with E-state index in [1.54, 1.807) is 5.41 Å². The van der Waals surface area contributed by atoms with Gasteiger partial charge in [-0.1, -0.05) is 6.42 Å². The van der Waals surface area contributed by atoms with Crippen molar-refractivity contribution in [2.45, 2.75) is 25.7 Å². The zero-order chi connectivity index (χ0) is 11.8. The molecule has 1 aliphatic rings.